The van der Waals surface area contributed by atoms with Crippen LogP contribution >= 0.6 is 15.9 Å². The smallest absolute Gasteiger partial charge is 0.133 e. The summed E-state index contributed by atoms with van der Waals surface area (Å²) in [6.07, 6.45) is 2.26. The number of aryl methyl sites for hydroxylation is 1. The lowest BCUT2D eigenvalue weighted by Crippen LogP contribution is -1.99. The molecule has 0 aliphatic rings. The first kappa shape index (κ1) is 14.1. The first-order valence-electron chi connectivity index (χ1n) is 6.48. The van der Waals surface area contributed by atoms with E-state index in [2.05, 4.69) is 35.0 Å². The first-order valence-corrected chi connectivity index (χ1v) is 7.27. The molecule has 19 heavy (non-hydrogen) atoms. The van der Waals surface area contributed by atoms with Crippen LogP contribution in [0.5, 0.6) is 11.5 Å². The molecule has 100 valence electrons. The van der Waals surface area contributed by atoms with Crippen LogP contribution in [0.15, 0.2) is 46.9 Å². The average molecular weight is 320 g/mol. The predicted octanol–water partition coefficient (Wildman–Crippen LogP) is 4.65. The highest BCUT2D eigenvalue weighted by Crippen LogP contribution is 2.28. The van der Waals surface area contributed by atoms with Crippen LogP contribution in [-0.2, 0) is 13.0 Å². The summed E-state index contributed by atoms with van der Waals surface area (Å²) in [4.78, 5) is 0. The van der Waals surface area contributed by atoms with Crippen molar-refractivity contribution in [3.05, 3.63) is 58.1 Å². The summed E-state index contributed by atoms with van der Waals surface area (Å²) in [5.74, 6) is 1.65. The van der Waals surface area contributed by atoms with Gasteiger partial charge in [-0.1, -0.05) is 47.5 Å². The van der Waals surface area contributed by atoms with Gasteiger partial charge in [-0.3, -0.25) is 0 Å². The van der Waals surface area contributed by atoms with E-state index in [1.54, 1.807) is 0 Å². The van der Waals surface area contributed by atoms with E-state index in [9.17, 15) is 0 Å². The number of hydrogen-bond acceptors (Lipinski definition) is 2. The van der Waals surface area contributed by atoms with Gasteiger partial charge in [-0.15, -0.1) is 0 Å². The highest BCUT2D eigenvalue weighted by atomic mass is 79.9. The van der Waals surface area contributed by atoms with Crippen LogP contribution in [0.3, 0.4) is 0 Å². The Kier molecular flexibility index (Phi) is 5.00. The second-order valence-electron chi connectivity index (χ2n) is 4.45. The van der Waals surface area contributed by atoms with Gasteiger partial charge in [0.05, 0.1) is 0 Å². The summed E-state index contributed by atoms with van der Waals surface area (Å²) in [5, 5.41) is 0. The van der Waals surface area contributed by atoms with Gasteiger partial charge in [-0.25, -0.2) is 0 Å². The largest absolute Gasteiger partial charge is 0.457 e. The quantitative estimate of drug-likeness (QED) is 0.870. The highest BCUT2D eigenvalue weighted by molar-refractivity contribution is 9.10. The number of halogens is 1. The zero-order valence-corrected chi connectivity index (χ0v) is 12.6. The van der Waals surface area contributed by atoms with E-state index in [1.165, 1.54) is 5.56 Å². The van der Waals surface area contributed by atoms with Gasteiger partial charge in [0.25, 0.3) is 0 Å². The molecule has 0 aromatic heterocycles. The van der Waals surface area contributed by atoms with E-state index in [4.69, 9.17) is 10.5 Å². The molecule has 2 nitrogen and oxygen atoms in total. The second kappa shape index (κ2) is 6.73. The molecular formula is C16H18BrNO. The Morgan fingerprint density at radius 1 is 1.11 bits per heavy atom. The molecule has 3 heteroatoms. The Morgan fingerprint density at radius 2 is 1.84 bits per heavy atom. The van der Waals surface area contributed by atoms with Gasteiger partial charge in [-0.05, 0) is 36.2 Å². The summed E-state index contributed by atoms with van der Waals surface area (Å²) in [7, 11) is 0. The maximum absolute atomic E-state index is 5.90. The Morgan fingerprint density at radius 3 is 2.47 bits per heavy atom. The van der Waals surface area contributed by atoms with Crippen molar-refractivity contribution >= 4 is 15.9 Å². The number of nitrogens with two attached hydrogens (primary N) is 1. The average Bonchev–Trinajstić information content (AvgIpc) is 2.42. The molecule has 0 unspecified atom stereocenters. The minimum absolute atomic E-state index is 0.469. The fourth-order valence-electron chi connectivity index (χ4n) is 1.93. The maximum atomic E-state index is 5.90. The van der Waals surface area contributed by atoms with Crippen LogP contribution in [-0.4, -0.2) is 0 Å². The molecule has 2 aromatic carbocycles. The molecule has 0 atom stereocenters. The van der Waals surface area contributed by atoms with Crippen molar-refractivity contribution in [3.8, 4) is 11.5 Å². The van der Waals surface area contributed by atoms with E-state index in [0.717, 1.165) is 34.4 Å². The maximum Gasteiger partial charge on any atom is 0.133 e. The lowest BCUT2D eigenvalue weighted by atomic mass is 10.1. The van der Waals surface area contributed by atoms with Gasteiger partial charge in [-0.2, -0.15) is 0 Å². The molecule has 0 amide bonds. The highest BCUT2D eigenvalue weighted by Gasteiger charge is 2.05. The van der Waals surface area contributed by atoms with Gasteiger partial charge >= 0.3 is 0 Å². The molecule has 2 rings (SSSR count). The summed E-state index contributed by atoms with van der Waals surface area (Å²) < 4.78 is 6.89. The van der Waals surface area contributed by atoms with Gasteiger partial charge < -0.3 is 10.5 Å². The third-order valence-corrected chi connectivity index (χ3v) is 3.43. The number of ether oxygens (including phenoxy) is 1. The second-order valence-corrected chi connectivity index (χ2v) is 5.37. The third-order valence-electron chi connectivity index (χ3n) is 2.94. The molecule has 0 bridgehead atoms. The lowest BCUT2D eigenvalue weighted by Gasteiger charge is -2.11. The lowest BCUT2D eigenvalue weighted by molar-refractivity contribution is 0.476. The van der Waals surface area contributed by atoms with E-state index in [0.29, 0.717) is 6.54 Å². The molecule has 0 radical (unpaired) electrons. The third kappa shape index (κ3) is 3.82. The minimum Gasteiger partial charge on any atom is -0.457 e. The number of benzene rings is 2. The molecule has 2 N–H and O–H groups in total. The van der Waals surface area contributed by atoms with Crippen molar-refractivity contribution < 1.29 is 4.74 Å². The summed E-state index contributed by atoms with van der Waals surface area (Å²) in [6.45, 7) is 2.65. The zero-order valence-electron chi connectivity index (χ0n) is 11.0. The van der Waals surface area contributed by atoms with Gasteiger partial charge in [0.2, 0.25) is 0 Å². The van der Waals surface area contributed by atoms with Crippen molar-refractivity contribution in [1.29, 1.82) is 0 Å². The minimum atomic E-state index is 0.469. The SMILES string of the molecule is CCCc1ccc(Oc2cc(Br)ccc2CN)cc1. The monoisotopic (exact) mass is 319 g/mol. The number of hydrogen-bond donors (Lipinski definition) is 1. The topological polar surface area (TPSA) is 35.2 Å². The molecular weight excluding hydrogens is 302 g/mol. The fourth-order valence-corrected chi connectivity index (χ4v) is 2.27. The molecule has 0 saturated carbocycles. The Labute approximate surface area is 122 Å². The van der Waals surface area contributed by atoms with Crippen molar-refractivity contribution in [3.63, 3.8) is 0 Å². The van der Waals surface area contributed by atoms with Gasteiger partial charge in [0, 0.05) is 16.6 Å². The van der Waals surface area contributed by atoms with Crippen molar-refractivity contribution in [1.82, 2.24) is 0 Å². The van der Waals surface area contributed by atoms with Crippen LogP contribution in [0.1, 0.15) is 24.5 Å². The van der Waals surface area contributed by atoms with Gasteiger partial charge in [0.15, 0.2) is 0 Å². The zero-order chi connectivity index (χ0) is 13.7. The van der Waals surface area contributed by atoms with Crippen molar-refractivity contribution in [2.75, 3.05) is 0 Å². The van der Waals surface area contributed by atoms with Crippen LogP contribution in [0.25, 0.3) is 0 Å². The predicted molar refractivity (Wildman–Crippen MR) is 82.5 cm³/mol. The van der Waals surface area contributed by atoms with Crippen LogP contribution in [0, 0.1) is 0 Å². The molecule has 0 spiro atoms. The number of rotatable bonds is 5. The molecule has 0 aliphatic carbocycles. The molecule has 0 saturated heterocycles. The Balaban J connectivity index is 2.18. The first-order chi connectivity index (χ1) is 9.22. The Bertz CT molecular complexity index is 537. The van der Waals surface area contributed by atoms with E-state index in [1.807, 2.05) is 30.3 Å². The molecule has 2 aromatic rings. The summed E-state index contributed by atoms with van der Waals surface area (Å²) >= 11 is 3.45. The molecule has 0 aliphatic heterocycles. The van der Waals surface area contributed by atoms with Gasteiger partial charge in [0.1, 0.15) is 11.5 Å². The molecule has 0 heterocycles. The normalized spacial score (nSPS) is 10.5. The fraction of sp³-hybridized carbons (Fsp3) is 0.250. The van der Waals surface area contributed by atoms with E-state index in [-0.39, 0.29) is 0 Å². The Hall–Kier alpha value is -1.32. The van der Waals surface area contributed by atoms with Crippen LogP contribution < -0.4 is 10.5 Å². The van der Waals surface area contributed by atoms with Crippen LogP contribution in [0.4, 0.5) is 0 Å². The van der Waals surface area contributed by atoms with Crippen molar-refractivity contribution in [2.45, 2.75) is 26.3 Å². The summed E-state index contributed by atoms with van der Waals surface area (Å²) in [5.41, 5.74) is 8.06. The summed E-state index contributed by atoms with van der Waals surface area (Å²) in [6, 6.07) is 14.1. The van der Waals surface area contributed by atoms with Crippen molar-refractivity contribution in [2.24, 2.45) is 5.73 Å². The van der Waals surface area contributed by atoms with E-state index >= 15 is 0 Å². The standard InChI is InChI=1S/C16H18BrNO/c1-2-3-12-4-8-15(9-5-12)19-16-10-14(17)7-6-13(16)11-18/h4-10H,2-3,11,18H2,1H3. The van der Waals surface area contributed by atoms with Crippen LogP contribution in [0.2, 0.25) is 0 Å². The van der Waals surface area contributed by atoms with E-state index < -0.39 is 0 Å². The molecule has 0 fully saturated rings.